The second-order valence-electron chi connectivity index (χ2n) is 4.14. The van der Waals surface area contributed by atoms with Crippen LogP contribution in [0.25, 0.3) is 0 Å². The van der Waals surface area contributed by atoms with Gasteiger partial charge in [0, 0.05) is 9.75 Å². The summed E-state index contributed by atoms with van der Waals surface area (Å²) >= 11 is 5.36. The van der Waals surface area contributed by atoms with Crippen LogP contribution in [0.3, 0.4) is 0 Å². The van der Waals surface area contributed by atoms with Gasteiger partial charge < -0.3 is 4.74 Å². The van der Waals surface area contributed by atoms with Gasteiger partial charge in [0.1, 0.15) is 0 Å². The van der Waals surface area contributed by atoms with Crippen LogP contribution in [0.15, 0.2) is 24.3 Å². The maximum absolute atomic E-state index is 13.7. The van der Waals surface area contributed by atoms with Gasteiger partial charge in [0.25, 0.3) is 0 Å². The standard InChI is InChI=1S/C14H14BrFOS/c1-8-6-13(18-9(8)2)14(15)10-4-5-12(17-3)11(16)7-10/h4-7,14H,1-3H3. The summed E-state index contributed by atoms with van der Waals surface area (Å²) in [6.07, 6.45) is 0. The van der Waals surface area contributed by atoms with E-state index in [4.69, 9.17) is 4.74 Å². The van der Waals surface area contributed by atoms with Crippen LogP contribution in [0.1, 0.15) is 25.7 Å². The molecule has 96 valence electrons. The summed E-state index contributed by atoms with van der Waals surface area (Å²) in [5.74, 6) is -0.0542. The van der Waals surface area contributed by atoms with E-state index in [9.17, 15) is 4.39 Å². The molecule has 0 saturated carbocycles. The Balaban J connectivity index is 2.33. The predicted octanol–water partition coefficient (Wildman–Crippen LogP) is 5.00. The Morgan fingerprint density at radius 1 is 1.28 bits per heavy atom. The molecule has 2 rings (SSSR count). The lowest BCUT2D eigenvalue weighted by atomic mass is 10.1. The third kappa shape index (κ3) is 2.59. The van der Waals surface area contributed by atoms with Crippen LogP contribution in [-0.2, 0) is 0 Å². The minimum atomic E-state index is -0.329. The maximum Gasteiger partial charge on any atom is 0.165 e. The molecule has 0 aliphatic rings. The number of benzene rings is 1. The van der Waals surface area contributed by atoms with Crippen LogP contribution < -0.4 is 4.74 Å². The number of alkyl halides is 1. The first-order valence-electron chi connectivity index (χ1n) is 5.57. The molecule has 18 heavy (non-hydrogen) atoms. The van der Waals surface area contributed by atoms with Crippen molar-refractivity contribution in [1.82, 2.24) is 0 Å². The van der Waals surface area contributed by atoms with Gasteiger partial charge in [-0.05, 0) is 43.2 Å². The highest BCUT2D eigenvalue weighted by atomic mass is 79.9. The number of thiophene rings is 1. The van der Waals surface area contributed by atoms with E-state index < -0.39 is 0 Å². The van der Waals surface area contributed by atoms with Crippen molar-refractivity contribution in [2.75, 3.05) is 7.11 Å². The normalized spacial score (nSPS) is 12.5. The number of ether oxygens (including phenoxy) is 1. The Bertz CT molecular complexity index is 545. The monoisotopic (exact) mass is 328 g/mol. The lowest BCUT2D eigenvalue weighted by molar-refractivity contribution is 0.386. The van der Waals surface area contributed by atoms with Gasteiger partial charge in [0.05, 0.1) is 11.9 Å². The van der Waals surface area contributed by atoms with Crippen LogP contribution in [0.4, 0.5) is 4.39 Å². The van der Waals surface area contributed by atoms with Crippen molar-refractivity contribution >= 4 is 27.3 Å². The van der Waals surface area contributed by atoms with Gasteiger partial charge in [-0.15, -0.1) is 11.3 Å². The molecule has 0 aliphatic carbocycles. The average molecular weight is 329 g/mol. The van der Waals surface area contributed by atoms with E-state index in [1.807, 2.05) is 6.07 Å². The molecule has 0 N–H and O–H groups in total. The molecule has 0 fully saturated rings. The van der Waals surface area contributed by atoms with Crippen molar-refractivity contribution in [2.24, 2.45) is 0 Å². The van der Waals surface area contributed by atoms with Crippen molar-refractivity contribution in [3.63, 3.8) is 0 Å². The smallest absolute Gasteiger partial charge is 0.165 e. The molecule has 1 unspecified atom stereocenters. The van der Waals surface area contributed by atoms with E-state index in [0.29, 0.717) is 0 Å². The first kappa shape index (κ1) is 13.6. The number of methoxy groups -OCH3 is 1. The van der Waals surface area contributed by atoms with Gasteiger partial charge in [-0.25, -0.2) is 4.39 Å². The van der Waals surface area contributed by atoms with E-state index >= 15 is 0 Å². The van der Waals surface area contributed by atoms with E-state index in [1.165, 1.54) is 28.5 Å². The summed E-state index contributed by atoms with van der Waals surface area (Å²) in [6, 6.07) is 7.20. The molecule has 2 aromatic rings. The third-order valence-electron chi connectivity index (χ3n) is 2.90. The Labute approximate surface area is 119 Å². The van der Waals surface area contributed by atoms with E-state index in [-0.39, 0.29) is 16.4 Å². The molecule has 1 aromatic carbocycles. The zero-order valence-electron chi connectivity index (χ0n) is 10.5. The van der Waals surface area contributed by atoms with Crippen LogP contribution in [0, 0.1) is 19.7 Å². The Morgan fingerprint density at radius 3 is 2.50 bits per heavy atom. The number of aryl methyl sites for hydroxylation is 2. The number of halogens is 2. The SMILES string of the molecule is COc1ccc(C(Br)c2cc(C)c(C)s2)cc1F. The zero-order chi connectivity index (χ0) is 13.3. The fourth-order valence-corrected chi connectivity index (χ4v) is 3.48. The number of rotatable bonds is 3. The van der Waals surface area contributed by atoms with E-state index in [2.05, 4.69) is 35.8 Å². The molecule has 0 amide bonds. The summed E-state index contributed by atoms with van der Waals surface area (Å²) in [7, 11) is 1.47. The Morgan fingerprint density at radius 2 is 2.00 bits per heavy atom. The van der Waals surface area contributed by atoms with Crippen molar-refractivity contribution in [1.29, 1.82) is 0 Å². The lowest BCUT2D eigenvalue weighted by Gasteiger charge is -2.10. The maximum atomic E-state index is 13.7. The fraction of sp³-hybridized carbons (Fsp3) is 0.286. The summed E-state index contributed by atoms with van der Waals surface area (Å²) in [5.41, 5.74) is 2.17. The van der Waals surface area contributed by atoms with Gasteiger partial charge in [-0.3, -0.25) is 0 Å². The van der Waals surface area contributed by atoms with E-state index in [0.717, 1.165) is 5.56 Å². The molecular weight excluding hydrogens is 315 g/mol. The summed E-state index contributed by atoms with van der Waals surface area (Å²) < 4.78 is 18.6. The molecule has 4 heteroatoms. The molecule has 0 spiro atoms. The third-order valence-corrected chi connectivity index (χ3v) is 5.45. The molecule has 0 aliphatic heterocycles. The second-order valence-corrected chi connectivity index (χ2v) is 6.35. The molecule has 1 aromatic heterocycles. The van der Waals surface area contributed by atoms with E-state index in [1.54, 1.807) is 17.4 Å². The number of hydrogen-bond acceptors (Lipinski definition) is 2. The lowest BCUT2D eigenvalue weighted by Crippen LogP contribution is -1.93. The zero-order valence-corrected chi connectivity index (χ0v) is 12.9. The molecule has 0 radical (unpaired) electrons. The quantitative estimate of drug-likeness (QED) is 0.720. The van der Waals surface area contributed by atoms with Gasteiger partial charge in [0.15, 0.2) is 11.6 Å². The molecule has 0 bridgehead atoms. The highest BCUT2D eigenvalue weighted by Gasteiger charge is 2.15. The van der Waals surface area contributed by atoms with Gasteiger partial charge in [-0.2, -0.15) is 0 Å². The first-order chi connectivity index (χ1) is 8.52. The van der Waals surface area contributed by atoms with Crippen molar-refractivity contribution in [3.05, 3.63) is 51.0 Å². The Kier molecular flexibility index (Phi) is 4.07. The molecule has 1 nitrogen and oxygen atoms in total. The molecule has 0 saturated heterocycles. The highest BCUT2D eigenvalue weighted by molar-refractivity contribution is 9.09. The first-order valence-corrected chi connectivity index (χ1v) is 7.30. The van der Waals surface area contributed by atoms with Gasteiger partial charge >= 0.3 is 0 Å². The summed E-state index contributed by atoms with van der Waals surface area (Å²) in [5, 5.41) is 0. The van der Waals surface area contributed by atoms with Gasteiger partial charge in [0.2, 0.25) is 0 Å². The minimum absolute atomic E-state index is 0.0234. The van der Waals surface area contributed by atoms with Gasteiger partial charge in [-0.1, -0.05) is 22.0 Å². The number of hydrogen-bond donors (Lipinski definition) is 0. The Hall–Kier alpha value is -0.870. The molecular formula is C14H14BrFOS. The topological polar surface area (TPSA) is 9.23 Å². The van der Waals surface area contributed by atoms with Crippen molar-refractivity contribution < 1.29 is 9.13 Å². The minimum Gasteiger partial charge on any atom is -0.494 e. The van der Waals surface area contributed by atoms with Crippen molar-refractivity contribution in [3.8, 4) is 5.75 Å². The largest absolute Gasteiger partial charge is 0.494 e. The predicted molar refractivity (Wildman–Crippen MR) is 77.5 cm³/mol. The molecule has 1 atom stereocenters. The van der Waals surface area contributed by atoms with Crippen LogP contribution in [0.2, 0.25) is 0 Å². The van der Waals surface area contributed by atoms with Crippen LogP contribution in [-0.4, -0.2) is 7.11 Å². The second kappa shape index (κ2) is 5.41. The highest BCUT2D eigenvalue weighted by Crippen LogP contribution is 2.37. The van der Waals surface area contributed by atoms with Crippen LogP contribution >= 0.6 is 27.3 Å². The average Bonchev–Trinajstić information content (AvgIpc) is 2.68. The van der Waals surface area contributed by atoms with Crippen LogP contribution in [0.5, 0.6) is 5.75 Å². The summed E-state index contributed by atoms with van der Waals surface area (Å²) in [6.45, 7) is 4.18. The summed E-state index contributed by atoms with van der Waals surface area (Å²) in [4.78, 5) is 2.51. The van der Waals surface area contributed by atoms with Crippen molar-refractivity contribution in [2.45, 2.75) is 18.7 Å². The molecule has 1 heterocycles. The fourth-order valence-electron chi connectivity index (χ4n) is 1.73.